The van der Waals surface area contributed by atoms with Crippen LogP contribution in [0.2, 0.25) is 5.02 Å². The molecule has 4 heteroatoms. The summed E-state index contributed by atoms with van der Waals surface area (Å²) in [6.45, 7) is 0.797. The van der Waals surface area contributed by atoms with Gasteiger partial charge in [0.2, 0.25) is 0 Å². The highest BCUT2D eigenvalue weighted by molar-refractivity contribution is 6.31. The zero-order valence-corrected chi connectivity index (χ0v) is 12.6. The lowest BCUT2D eigenvalue weighted by Crippen LogP contribution is -2.14. The minimum absolute atomic E-state index is 0.218. The molecule has 0 radical (unpaired) electrons. The van der Waals surface area contributed by atoms with E-state index in [1.807, 2.05) is 42.6 Å². The largest absolute Gasteiger partial charge is 0.309 e. The molecule has 0 saturated heterocycles. The van der Waals surface area contributed by atoms with Crippen LogP contribution >= 0.6 is 11.6 Å². The topological polar surface area (TPSA) is 37.3 Å². The third-order valence-corrected chi connectivity index (χ3v) is 4.20. The Morgan fingerprint density at radius 1 is 1.05 bits per heavy atom. The number of hydrogen-bond donors (Lipinski definition) is 1. The molecule has 0 spiro atoms. The Bertz CT molecular complexity index is 859. The minimum Gasteiger partial charge on any atom is -0.309 e. The second kappa shape index (κ2) is 5.43. The first-order valence-electron chi connectivity index (χ1n) is 7.22. The molecule has 0 saturated carbocycles. The fraction of sp³-hybridized carbons (Fsp3) is 0.111. The van der Waals surface area contributed by atoms with Gasteiger partial charge in [0.1, 0.15) is 0 Å². The van der Waals surface area contributed by atoms with Gasteiger partial charge in [-0.3, -0.25) is 4.98 Å². The van der Waals surface area contributed by atoms with E-state index in [1.54, 1.807) is 0 Å². The fourth-order valence-electron chi connectivity index (χ4n) is 2.85. The predicted octanol–water partition coefficient (Wildman–Crippen LogP) is 3.98. The van der Waals surface area contributed by atoms with Crippen LogP contribution in [0.5, 0.6) is 0 Å². The van der Waals surface area contributed by atoms with Gasteiger partial charge in [-0.1, -0.05) is 48.0 Å². The first-order valence-corrected chi connectivity index (χ1v) is 7.60. The van der Waals surface area contributed by atoms with E-state index in [4.69, 9.17) is 11.6 Å². The Kier molecular flexibility index (Phi) is 3.28. The molecule has 0 amide bonds. The summed E-state index contributed by atoms with van der Waals surface area (Å²) in [5, 5.41) is 6.28. The molecule has 3 aromatic rings. The molecule has 108 valence electrons. The molecule has 1 aliphatic rings. The molecule has 3 nitrogen and oxygen atoms in total. The van der Waals surface area contributed by atoms with E-state index < -0.39 is 0 Å². The number of aromatic nitrogens is 1. The van der Waals surface area contributed by atoms with Gasteiger partial charge in [-0.2, -0.15) is 5.10 Å². The van der Waals surface area contributed by atoms with Crippen molar-refractivity contribution in [3.8, 4) is 0 Å². The van der Waals surface area contributed by atoms with Crippen molar-refractivity contribution in [2.75, 3.05) is 6.54 Å². The average Bonchev–Trinajstić information content (AvgIpc) is 3.05. The molecule has 1 N–H and O–H groups in total. The average molecular weight is 308 g/mol. The Hall–Kier alpha value is -2.39. The zero-order valence-electron chi connectivity index (χ0n) is 11.8. The minimum atomic E-state index is 0.218. The molecule has 1 unspecified atom stereocenters. The van der Waals surface area contributed by atoms with Crippen molar-refractivity contribution in [1.82, 2.24) is 10.4 Å². The zero-order chi connectivity index (χ0) is 14.9. The smallest absolute Gasteiger partial charge is 0.0768 e. The third-order valence-electron chi connectivity index (χ3n) is 3.96. The van der Waals surface area contributed by atoms with Crippen molar-refractivity contribution < 1.29 is 0 Å². The van der Waals surface area contributed by atoms with Crippen LogP contribution in [0.25, 0.3) is 10.9 Å². The number of hydrogen-bond acceptors (Lipinski definition) is 3. The van der Waals surface area contributed by atoms with Gasteiger partial charge >= 0.3 is 0 Å². The number of nitrogens with one attached hydrogen (secondary N) is 1. The molecule has 1 atom stereocenters. The second-order valence-corrected chi connectivity index (χ2v) is 5.82. The predicted molar refractivity (Wildman–Crippen MR) is 90.5 cm³/mol. The van der Waals surface area contributed by atoms with Crippen molar-refractivity contribution in [2.24, 2.45) is 5.10 Å². The quantitative estimate of drug-likeness (QED) is 0.777. The molecule has 2 heterocycles. The SMILES string of the molecule is Clc1ccc2cc(C3CNN=C3c3ccccc3)cnc2c1. The van der Waals surface area contributed by atoms with Gasteiger partial charge in [0.05, 0.1) is 11.2 Å². The number of hydrazone groups is 1. The first kappa shape index (κ1) is 13.3. The molecule has 0 aliphatic carbocycles. The summed E-state index contributed by atoms with van der Waals surface area (Å²) in [6, 6.07) is 18.2. The van der Waals surface area contributed by atoms with Gasteiger partial charge in [0.25, 0.3) is 0 Å². The van der Waals surface area contributed by atoms with Gasteiger partial charge in [-0.05, 0) is 29.3 Å². The maximum absolute atomic E-state index is 6.02. The van der Waals surface area contributed by atoms with E-state index in [9.17, 15) is 0 Å². The molecule has 0 fully saturated rings. The molecule has 22 heavy (non-hydrogen) atoms. The van der Waals surface area contributed by atoms with Crippen LogP contribution in [0, 0.1) is 0 Å². The summed E-state index contributed by atoms with van der Waals surface area (Å²) in [4.78, 5) is 4.55. The second-order valence-electron chi connectivity index (χ2n) is 5.38. The van der Waals surface area contributed by atoms with Gasteiger partial charge in [0.15, 0.2) is 0 Å². The Labute approximate surface area is 133 Å². The number of halogens is 1. The Balaban J connectivity index is 1.75. The highest BCUT2D eigenvalue weighted by Crippen LogP contribution is 2.27. The van der Waals surface area contributed by atoms with Crippen molar-refractivity contribution in [3.63, 3.8) is 0 Å². The van der Waals surface area contributed by atoms with E-state index in [0.717, 1.165) is 28.7 Å². The number of rotatable bonds is 2. The van der Waals surface area contributed by atoms with E-state index in [1.165, 1.54) is 5.56 Å². The van der Waals surface area contributed by atoms with Gasteiger partial charge in [0, 0.05) is 29.1 Å². The van der Waals surface area contributed by atoms with E-state index >= 15 is 0 Å². The molecule has 4 rings (SSSR count). The van der Waals surface area contributed by atoms with Crippen LogP contribution < -0.4 is 5.43 Å². The summed E-state index contributed by atoms with van der Waals surface area (Å²) in [6.07, 6.45) is 1.93. The summed E-state index contributed by atoms with van der Waals surface area (Å²) in [5.74, 6) is 0.218. The van der Waals surface area contributed by atoms with Crippen molar-refractivity contribution >= 4 is 28.2 Å². The third kappa shape index (κ3) is 2.34. The molecular formula is C18H14ClN3. The van der Waals surface area contributed by atoms with Crippen LogP contribution in [0.4, 0.5) is 0 Å². The number of nitrogens with zero attached hydrogens (tertiary/aromatic N) is 2. The van der Waals surface area contributed by atoms with Gasteiger partial charge < -0.3 is 5.43 Å². The highest BCUT2D eigenvalue weighted by atomic mass is 35.5. The highest BCUT2D eigenvalue weighted by Gasteiger charge is 2.24. The number of pyridine rings is 1. The monoisotopic (exact) mass is 307 g/mol. The Morgan fingerprint density at radius 3 is 2.77 bits per heavy atom. The van der Waals surface area contributed by atoms with E-state index in [0.29, 0.717) is 5.02 Å². The van der Waals surface area contributed by atoms with Crippen LogP contribution in [-0.4, -0.2) is 17.2 Å². The lowest BCUT2D eigenvalue weighted by molar-refractivity contribution is 0.762. The van der Waals surface area contributed by atoms with Crippen molar-refractivity contribution in [1.29, 1.82) is 0 Å². The van der Waals surface area contributed by atoms with Crippen molar-refractivity contribution in [3.05, 3.63) is 76.9 Å². The maximum atomic E-state index is 6.02. The standard InChI is InChI=1S/C18H14ClN3/c19-15-7-6-13-8-14(10-20-17(13)9-15)16-11-21-22-18(16)12-4-2-1-3-5-12/h1-10,16,21H,11H2. The van der Waals surface area contributed by atoms with Crippen LogP contribution in [0.15, 0.2) is 65.9 Å². The summed E-state index contributed by atoms with van der Waals surface area (Å²) in [7, 11) is 0. The molecule has 1 aliphatic heterocycles. The summed E-state index contributed by atoms with van der Waals surface area (Å²) in [5.41, 5.74) is 7.41. The van der Waals surface area contributed by atoms with Crippen molar-refractivity contribution in [2.45, 2.75) is 5.92 Å². The van der Waals surface area contributed by atoms with Gasteiger partial charge in [-0.15, -0.1) is 0 Å². The van der Waals surface area contributed by atoms with E-state index in [-0.39, 0.29) is 5.92 Å². The van der Waals surface area contributed by atoms with E-state index in [2.05, 4.69) is 33.7 Å². The molecule has 0 bridgehead atoms. The molecule has 2 aromatic carbocycles. The normalized spacial score (nSPS) is 17.3. The van der Waals surface area contributed by atoms with Crippen LogP contribution in [-0.2, 0) is 0 Å². The summed E-state index contributed by atoms with van der Waals surface area (Å²) < 4.78 is 0. The van der Waals surface area contributed by atoms with Gasteiger partial charge in [-0.25, -0.2) is 0 Å². The lowest BCUT2D eigenvalue weighted by atomic mass is 9.91. The fourth-order valence-corrected chi connectivity index (χ4v) is 3.02. The maximum Gasteiger partial charge on any atom is 0.0768 e. The van der Waals surface area contributed by atoms with Crippen LogP contribution in [0.1, 0.15) is 17.0 Å². The summed E-state index contributed by atoms with van der Waals surface area (Å²) >= 11 is 6.02. The lowest BCUT2D eigenvalue weighted by Gasteiger charge is -2.13. The van der Waals surface area contributed by atoms with Crippen LogP contribution in [0.3, 0.4) is 0 Å². The first-order chi connectivity index (χ1) is 10.8. The number of fused-ring (bicyclic) bond motifs is 1. The molecule has 1 aromatic heterocycles. The number of benzene rings is 2. The Morgan fingerprint density at radius 2 is 1.91 bits per heavy atom. The molecular weight excluding hydrogens is 294 g/mol.